The quantitative estimate of drug-likeness (QED) is 0.133. The zero-order valence-corrected chi connectivity index (χ0v) is 32.2. The van der Waals surface area contributed by atoms with Crippen LogP contribution >= 0.6 is 23.1 Å². The molecule has 2 atom stereocenters. The van der Waals surface area contributed by atoms with E-state index in [0.717, 1.165) is 29.7 Å². The first kappa shape index (κ1) is 34.8. The number of hydrogen-bond acceptors (Lipinski definition) is 1. The molecule has 6 aromatic rings. The van der Waals surface area contributed by atoms with Gasteiger partial charge in [0.15, 0.2) is 0 Å². The van der Waals surface area contributed by atoms with Crippen molar-refractivity contribution in [2.24, 2.45) is 0 Å². The molecule has 0 amide bonds. The highest BCUT2D eigenvalue weighted by Crippen LogP contribution is 2.58. The van der Waals surface area contributed by atoms with Crippen LogP contribution in [-0.4, -0.2) is 29.1 Å². The molecule has 0 unspecified atom stereocenters. The number of nitrogens with zero attached hydrogens (tertiary/aromatic N) is 1. The summed E-state index contributed by atoms with van der Waals surface area (Å²) in [5.74, 6) is 0. The summed E-state index contributed by atoms with van der Waals surface area (Å²) < 4.78 is 18.7. The van der Waals surface area contributed by atoms with Gasteiger partial charge in [-0.25, -0.2) is 4.67 Å². The Morgan fingerprint density at radius 2 is 0.880 bits per heavy atom. The SMILES string of the molecule is Cc1ccc(P(C[C@@H]2C[C@H](P(c3ccc(C)cc3)c3ccc(C)cc3)CN2P(=O)(c2ccccc2)c2ccccc2)c2ccc(C)cc2)cc1. The van der Waals surface area contributed by atoms with Gasteiger partial charge in [0.2, 0.25) is 7.29 Å². The van der Waals surface area contributed by atoms with E-state index in [9.17, 15) is 0 Å². The Morgan fingerprint density at radius 3 is 1.26 bits per heavy atom. The lowest BCUT2D eigenvalue weighted by Crippen LogP contribution is -2.38. The summed E-state index contributed by atoms with van der Waals surface area (Å²) in [5, 5.41) is 7.39. The van der Waals surface area contributed by atoms with Gasteiger partial charge in [-0.05, 0) is 102 Å². The van der Waals surface area contributed by atoms with Gasteiger partial charge in [0.05, 0.1) is 0 Å². The minimum atomic E-state index is -3.20. The highest BCUT2D eigenvalue weighted by molar-refractivity contribution is 7.77. The van der Waals surface area contributed by atoms with Gasteiger partial charge in [-0.2, -0.15) is 0 Å². The maximum absolute atomic E-state index is 16.2. The van der Waals surface area contributed by atoms with Crippen molar-refractivity contribution in [3.8, 4) is 0 Å². The average molecular weight is 710 g/mol. The van der Waals surface area contributed by atoms with Crippen molar-refractivity contribution >= 4 is 55.0 Å². The molecule has 2 nitrogen and oxygen atoms in total. The fraction of sp³-hybridized carbons (Fsp3) is 0.200. The minimum Gasteiger partial charge on any atom is -0.296 e. The maximum Gasteiger partial charge on any atom is 0.207 e. The monoisotopic (exact) mass is 709 g/mol. The Hall–Kier alpha value is -3.63. The first-order chi connectivity index (χ1) is 24.3. The average Bonchev–Trinajstić information content (AvgIpc) is 3.57. The van der Waals surface area contributed by atoms with Crippen LogP contribution in [0, 0.1) is 27.7 Å². The van der Waals surface area contributed by atoms with E-state index in [0.29, 0.717) is 5.66 Å². The van der Waals surface area contributed by atoms with Gasteiger partial charge in [-0.1, -0.05) is 156 Å². The van der Waals surface area contributed by atoms with Crippen LogP contribution in [-0.2, 0) is 4.57 Å². The fourth-order valence-corrected chi connectivity index (χ4v) is 16.0. The highest BCUT2D eigenvalue weighted by Gasteiger charge is 2.47. The lowest BCUT2D eigenvalue weighted by Gasteiger charge is -2.36. The van der Waals surface area contributed by atoms with Crippen LogP contribution in [0.5, 0.6) is 0 Å². The fourth-order valence-electron chi connectivity index (χ4n) is 7.28. The van der Waals surface area contributed by atoms with Crippen molar-refractivity contribution in [1.82, 2.24) is 4.67 Å². The summed E-state index contributed by atoms with van der Waals surface area (Å²) in [6.07, 6.45) is 1.94. The smallest absolute Gasteiger partial charge is 0.207 e. The third-order valence-corrected chi connectivity index (χ3v) is 18.7. The van der Waals surface area contributed by atoms with Crippen molar-refractivity contribution in [2.75, 3.05) is 12.7 Å². The second-order valence-corrected chi connectivity index (χ2v) is 21.2. The van der Waals surface area contributed by atoms with E-state index >= 15 is 4.57 Å². The molecule has 1 aliphatic rings. The van der Waals surface area contributed by atoms with E-state index in [1.807, 2.05) is 36.4 Å². The Labute approximate surface area is 301 Å². The van der Waals surface area contributed by atoms with Crippen molar-refractivity contribution in [3.63, 3.8) is 0 Å². The molecule has 7 rings (SSSR count). The number of aryl methyl sites for hydroxylation is 4. The molecule has 0 radical (unpaired) electrons. The molecule has 0 N–H and O–H groups in total. The van der Waals surface area contributed by atoms with Crippen LogP contribution in [0.4, 0.5) is 0 Å². The molecular weight excluding hydrogens is 663 g/mol. The highest BCUT2D eigenvalue weighted by atomic mass is 31.2. The minimum absolute atomic E-state index is 0.126. The second-order valence-electron chi connectivity index (χ2n) is 13.7. The van der Waals surface area contributed by atoms with Gasteiger partial charge in [0.25, 0.3) is 0 Å². The predicted molar refractivity (Wildman–Crippen MR) is 221 cm³/mol. The summed E-state index contributed by atoms with van der Waals surface area (Å²) in [5.41, 5.74) is 5.44. The topological polar surface area (TPSA) is 20.3 Å². The maximum atomic E-state index is 16.2. The van der Waals surface area contributed by atoms with Crippen LogP contribution in [0.25, 0.3) is 0 Å². The van der Waals surface area contributed by atoms with Crippen molar-refractivity contribution in [2.45, 2.75) is 45.8 Å². The number of hydrogen-bond donors (Lipinski definition) is 0. The van der Waals surface area contributed by atoms with Gasteiger partial charge in [-0.3, -0.25) is 4.57 Å². The lowest BCUT2D eigenvalue weighted by molar-refractivity contribution is 0.422. The van der Waals surface area contributed by atoms with E-state index in [1.165, 1.54) is 43.5 Å². The normalized spacial score (nSPS) is 16.7. The van der Waals surface area contributed by atoms with E-state index < -0.39 is 23.1 Å². The molecule has 0 aliphatic carbocycles. The molecule has 1 fully saturated rings. The molecule has 0 aromatic heterocycles. The summed E-state index contributed by atoms with van der Waals surface area (Å²) in [6, 6.07) is 57.5. The molecule has 1 aliphatic heterocycles. The molecule has 6 aromatic carbocycles. The first-order valence-electron chi connectivity index (χ1n) is 17.6. The molecule has 0 spiro atoms. The summed E-state index contributed by atoms with van der Waals surface area (Å²) in [6.45, 7) is 9.44. The van der Waals surface area contributed by atoms with Crippen molar-refractivity contribution < 1.29 is 4.57 Å². The summed E-state index contributed by atoms with van der Waals surface area (Å²) in [7, 11) is -4.63. The Bertz CT molecular complexity index is 1910. The van der Waals surface area contributed by atoms with E-state index in [2.05, 4.69) is 154 Å². The zero-order chi connectivity index (χ0) is 34.7. The third kappa shape index (κ3) is 7.38. The van der Waals surface area contributed by atoms with Crippen molar-refractivity contribution in [1.29, 1.82) is 0 Å². The largest absolute Gasteiger partial charge is 0.296 e. The van der Waals surface area contributed by atoms with Gasteiger partial charge >= 0.3 is 0 Å². The Kier molecular flexibility index (Phi) is 10.7. The summed E-state index contributed by atoms with van der Waals surface area (Å²) >= 11 is 0. The molecule has 0 bridgehead atoms. The van der Waals surface area contributed by atoms with Crippen LogP contribution in [0.15, 0.2) is 158 Å². The number of rotatable bonds is 10. The first-order valence-corrected chi connectivity index (χ1v) is 22.2. The van der Waals surface area contributed by atoms with E-state index in [1.54, 1.807) is 0 Å². The third-order valence-electron chi connectivity index (χ3n) is 10.0. The molecule has 5 heteroatoms. The van der Waals surface area contributed by atoms with E-state index in [4.69, 9.17) is 0 Å². The number of benzene rings is 6. The lowest BCUT2D eigenvalue weighted by atomic mass is 10.2. The van der Waals surface area contributed by atoms with Gasteiger partial charge in [-0.15, -0.1) is 0 Å². The predicted octanol–water partition coefficient (Wildman–Crippen LogP) is 8.86. The van der Waals surface area contributed by atoms with Gasteiger partial charge in [0.1, 0.15) is 0 Å². The Morgan fingerprint density at radius 1 is 0.520 bits per heavy atom. The second kappa shape index (κ2) is 15.3. The van der Waals surface area contributed by atoms with Crippen molar-refractivity contribution in [3.05, 3.63) is 180 Å². The molecular formula is C45H46NOP3. The summed E-state index contributed by atoms with van der Waals surface area (Å²) in [4.78, 5) is 0. The van der Waals surface area contributed by atoms with Crippen LogP contribution in [0.1, 0.15) is 28.7 Å². The molecule has 252 valence electrons. The molecule has 0 saturated carbocycles. The van der Waals surface area contributed by atoms with Crippen LogP contribution < -0.4 is 31.8 Å². The van der Waals surface area contributed by atoms with Gasteiger partial charge < -0.3 is 0 Å². The Balaban J connectivity index is 1.39. The van der Waals surface area contributed by atoms with Gasteiger partial charge in [0, 0.05) is 28.9 Å². The molecule has 1 heterocycles. The van der Waals surface area contributed by atoms with Crippen LogP contribution in [0.3, 0.4) is 0 Å². The standard InChI is InChI=1S/C45H46NOP3/c1-34-15-23-39(24-16-34)48(40-25-17-35(2)18-26-40)33-38-31-43(49(41-27-19-36(3)20-28-41)42-29-21-37(4)22-30-42)32-46(38)50(47,44-11-7-5-8-12-44)45-13-9-6-10-14-45/h5-30,38,43H,31-33H2,1-4H3/t38-,43-/m0/s1. The molecule has 50 heavy (non-hydrogen) atoms. The van der Waals surface area contributed by atoms with E-state index in [-0.39, 0.29) is 6.04 Å². The zero-order valence-electron chi connectivity index (χ0n) is 29.5. The molecule has 1 saturated heterocycles. The van der Waals surface area contributed by atoms with Crippen LogP contribution in [0.2, 0.25) is 0 Å².